The second-order valence-electron chi connectivity index (χ2n) is 4.66. The van der Waals surface area contributed by atoms with Gasteiger partial charge in [-0.15, -0.1) is 0 Å². The van der Waals surface area contributed by atoms with Crippen LogP contribution in [0.4, 0.5) is 4.39 Å². The number of aryl methyl sites for hydroxylation is 1. The van der Waals surface area contributed by atoms with Crippen molar-refractivity contribution in [3.05, 3.63) is 35.1 Å². The maximum Gasteiger partial charge on any atom is 0.129 e. The van der Waals surface area contributed by atoms with E-state index in [2.05, 4.69) is 12.2 Å². The first-order valence-corrected chi connectivity index (χ1v) is 6.31. The molecule has 1 aliphatic heterocycles. The first-order chi connectivity index (χ1) is 8.20. The standard InChI is InChI=1S/C14H20FNO/c1-3-16-11-6-7-17-14(9-11)12-8-10(2)4-5-13(12)15/h4-5,8,11,14,16H,3,6-7,9H2,1-2H3. The smallest absolute Gasteiger partial charge is 0.129 e. The van der Waals surface area contributed by atoms with Crippen LogP contribution in [0.1, 0.15) is 37.0 Å². The zero-order valence-corrected chi connectivity index (χ0v) is 10.5. The second kappa shape index (κ2) is 5.61. The summed E-state index contributed by atoms with van der Waals surface area (Å²) in [5.74, 6) is -0.155. The lowest BCUT2D eigenvalue weighted by Gasteiger charge is -2.30. The lowest BCUT2D eigenvalue weighted by Crippen LogP contribution is -2.36. The summed E-state index contributed by atoms with van der Waals surface area (Å²) in [6.07, 6.45) is 1.76. The topological polar surface area (TPSA) is 21.3 Å². The molecule has 2 nitrogen and oxygen atoms in total. The summed E-state index contributed by atoms with van der Waals surface area (Å²) in [4.78, 5) is 0. The normalized spacial score (nSPS) is 24.9. The summed E-state index contributed by atoms with van der Waals surface area (Å²) in [5, 5.41) is 3.42. The molecule has 0 radical (unpaired) electrons. The van der Waals surface area contributed by atoms with Gasteiger partial charge in [-0.25, -0.2) is 4.39 Å². The van der Waals surface area contributed by atoms with Crippen molar-refractivity contribution in [3.63, 3.8) is 0 Å². The number of rotatable bonds is 3. The van der Waals surface area contributed by atoms with Gasteiger partial charge in [-0.3, -0.25) is 0 Å². The quantitative estimate of drug-likeness (QED) is 0.872. The highest BCUT2D eigenvalue weighted by Crippen LogP contribution is 2.30. The minimum Gasteiger partial charge on any atom is -0.373 e. The molecule has 0 amide bonds. The van der Waals surface area contributed by atoms with Crippen molar-refractivity contribution in [2.45, 2.75) is 38.8 Å². The summed E-state index contributed by atoms with van der Waals surface area (Å²) in [6, 6.07) is 5.67. The molecule has 0 spiro atoms. The molecule has 94 valence electrons. The number of benzene rings is 1. The molecule has 1 fully saturated rings. The Morgan fingerprint density at radius 1 is 1.47 bits per heavy atom. The Morgan fingerprint density at radius 3 is 3.06 bits per heavy atom. The van der Waals surface area contributed by atoms with Gasteiger partial charge in [0.25, 0.3) is 0 Å². The third-order valence-corrected chi connectivity index (χ3v) is 3.28. The van der Waals surface area contributed by atoms with E-state index in [9.17, 15) is 4.39 Å². The van der Waals surface area contributed by atoms with E-state index in [4.69, 9.17) is 4.74 Å². The molecule has 0 saturated carbocycles. The van der Waals surface area contributed by atoms with E-state index >= 15 is 0 Å². The lowest BCUT2D eigenvalue weighted by atomic mass is 9.96. The van der Waals surface area contributed by atoms with Crippen LogP contribution in [0.5, 0.6) is 0 Å². The van der Waals surface area contributed by atoms with Crippen LogP contribution in [0.2, 0.25) is 0 Å². The minimum absolute atomic E-state index is 0.104. The van der Waals surface area contributed by atoms with Gasteiger partial charge in [0.1, 0.15) is 5.82 Å². The minimum atomic E-state index is -0.155. The Morgan fingerprint density at radius 2 is 2.29 bits per heavy atom. The second-order valence-corrected chi connectivity index (χ2v) is 4.66. The van der Waals surface area contributed by atoms with Crippen LogP contribution >= 0.6 is 0 Å². The molecule has 17 heavy (non-hydrogen) atoms. The zero-order chi connectivity index (χ0) is 12.3. The average Bonchev–Trinajstić information content (AvgIpc) is 2.33. The van der Waals surface area contributed by atoms with Crippen LogP contribution in [0.3, 0.4) is 0 Å². The van der Waals surface area contributed by atoms with Gasteiger partial charge in [0.15, 0.2) is 0 Å². The Bertz CT molecular complexity index is 378. The molecule has 3 heteroatoms. The Kier molecular flexibility index (Phi) is 4.13. The summed E-state index contributed by atoms with van der Waals surface area (Å²) in [5.41, 5.74) is 1.78. The SMILES string of the molecule is CCNC1CCOC(c2cc(C)ccc2F)C1. The maximum atomic E-state index is 13.8. The van der Waals surface area contributed by atoms with Crippen molar-refractivity contribution in [2.24, 2.45) is 0 Å². The Labute approximate surface area is 102 Å². The first-order valence-electron chi connectivity index (χ1n) is 6.31. The Hall–Kier alpha value is -0.930. The predicted molar refractivity (Wildman–Crippen MR) is 66.5 cm³/mol. The van der Waals surface area contributed by atoms with E-state index < -0.39 is 0 Å². The predicted octanol–water partition coefficient (Wildman–Crippen LogP) is 2.96. The van der Waals surface area contributed by atoms with Gasteiger partial charge in [0.2, 0.25) is 0 Å². The van der Waals surface area contributed by atoms with Crippen LogP contribution in [0.15, 0.2) is 18.2 Å². The summed E-state index contributed by atoms with van der Waals surface area (Å²) >= 11 is 0. The van der Waals surface area contributed by atoms with Gasteiger partial charge < -0.3 is 10.1 Å². The van der Waals surface area contributed by atoms with Crippen molar-refractivity contribution < 1.29 is 9.13 Å². The van der Waals surface area contributed by atoms with Gasteiger partial charge in [0, 0.05) is 18.2 Å². The summed E-state index contributed by atoms with van der Waals surface area (Å²) in [7, 11) is 0. The van der Waals surface area contributed by atoms with Gasteiger partial charge in [-0.2, -0.15) is 0 Å². The number of hydrogen-bond acceptors (Lipinski definition) is 2. The molecule has 1 N–H and O–H groups in total. The molecule has 1 saturated heterocycles. The van der Waals surface area contributed by atoms with E-state index in [1.807, 2.05) is 13.0 Å². The molecule has 2 unspecified atom stereocenters. The van der Waals surface area contributed by atoms with Gasteiger partial charge in [-0.05, 0) is 32.4 Å². The molecule has 2 rings (SSSR count). The molecular weight excluding hydrogens is 217 g/mol. The third-order valence-electron chi connectivity index (χ3n) is 3.28. The molecule has 0 aromatic heterocycles. The molecule has 0 aliphatic carbocycles. The van der Waals surface area contributed by atoms with Crippen molar-refractivity contribution >= 4 is 0 Å². The monoisotopic (exact) mass is 237 g/mol. The molecule has 2 atom stereocenters. The number of halogens is 1. The highest BCUT2D eigenvalue weighted by Gasteiger charge is 2.25. The van der Waals surface area contributed by atoms with Crippen LogP contribution in [0.25, 0.3) is 0 Å². The highest BCUT2D eigenvalue weighted by atomic mass is 19.1. The number of ether oxygens (including phenoxy) is 1. The van der Waals surface area contributed by atoms with E-state index in [-0.39, 0.29) is 11.9 Å². The van der Waals surface area contributed by atoms with E-state index in [0.717, 1.165) is 24.9 Å². The largest absolute Gasteiger partial charge is 0.373 e. The fourth-order valence-electron chi connectivity index (χ4n) is 2.40. The van der Waals surface area contributed by atoms with Crippen molar-refractivity contribution in [2.75, 3.05) is 13.2 Å². The van der Waals surface area contributed by atoms with Crippen LogP contribution < -0.4 is 5.32 Å². The van der Waals surface area contributed by atoms with Crippen molar-refractivity contribution in [1.29, 1.82) is 0 Å². The molecule has 0 bridgehead atoms. The van der Waals surface area contributed by atoms with Crippen molar-refractivity contribution in [1.82, 2.24) is 5.32 Å². The van der Waals surface area contributed by atoms with E-state index in [1.54, 1.807) is 6.07 Å². The maximum absolute atomic E-state index is 13.8. The third kappa shape index (κ3) is 3.05. The zero-order valence-electron chi connectivity index (χ0n) is 10.5. The molecule has 1 aromatic carbocycles. The summed E-state index contributed by atoms with van der Waals surface area (Å²) < 4.78 is 19.5. The van der Waals surface area contributed by atoms with Crippen LogP contribution in [-0.4, -0.2) is 19.2 Å². The first kappa shape index (κ1) is 12.5. The molecule has 1 aromatic rings. The van der Waals surface area contributed by atoms with E-state index in [0.29, 0.717) is 18.2 Å². The summed E-state index contributed by atoms with van der Waals surface area (Å²) in [6.45, 7) is 5.73. The molecule has 1 heterocycles. The Balaban J connectivity index is 2.13. The number of hydrogen-bond donors (Lipinski definition) is 1. The van der Waals surface area contributed by atoms with Gasteiger partial charge in [-0.1, -0.05) is 24.6 Å². The highest BCUT2D eigenvalue weighted by molar-refractivity contribution is 5.26. The van der Waals surface area contributed by atoms with Gasteiger partial charge >= 0.3 is 0 Å². The lowest BCUT2D eigenvalue weighted by molar-refractivity contribution is -0.00137. The molecular formula is C14H20FNO. The fourth-order valence-corrected chi connectivity index (χ4v) is 2.40. The van der Waals surface area contributed by atoms with Crippen molar-refractivity contribution in [3.8, 4) is 0 Å². The number of nitrogens with one attached hydrogen (secondary N) is 1. The van der Waals surface area contributed by atoms with Crippen LogP contribution in [0, 0.1) is 12.7 Å². The van der Waals surface area contributed by atoms with E-state index in [1.165, 1.54) is 6.07 Å². The van der Waals surface area contributed by atoms with Gasteiger partial charge in [0.05, 0.1) is 6.10 Å². The van der Waals surface area contributed by atoms with Crippen LogP contribution in [-0.2, 0) is 4.74 Å². The average molecular weight is 237 g/mol. The molecule has 1 aliphatic rings. The fraction of sp³-hybridized carbons (Fsp3) is 0.571.